The largest absolute Gasteiger partial charge is 0.496 e. The molecule has 3 N–H and O–H groups in total. The molecule has 9 heteroatoms. The van der Waals surface area contributed by atoms with Crippen LogP contribution in [0.1, 0.15) is 23.0 Å². The van der Waals surface area contributed by atoms with E-state index in [2.05, 4.69) is 20.3 Å². The van der Waals surface area contributed by atoms with E-state index in [1.165, 1.54) is 18.3 Å². The van der Waals surface area contributed by atoms with Crippen molar-refractivity contribution in [3.63, 3.8) is 0 Å². The van der Waals surface area contributed by atoms with Gasteiger partial charge in [-0.1, -0.05) is 13.0 Å². The summed E-state index contributed by atoms with van der Waals surface area (Å²) in [7, 11) is 1.51. The van der Waals surface area contributed by atoms with Gasteiger partial charge in [0.05, 0.1) is 30.6 Å². The molecule has 1 aromatic carbocycles. The number of ether oxygens (including phenoxy) is 1. The summed E-state index contributed by atoms with van der Waals surface area (Å²) in [6, 6.07) is 8.95. The number of carbonyl (C=O) groups is 2. The minimum atomic E-state index is -0.247. The summed E-state index contributed by atoms with van der Waals surface area (Å²) in [6.45, 7) is 2.95. The monoisotopic (exact) mass is 432 g/mol. The number of benzene rings is 1. The summed E-state index contributed by atoms with van der Waals surface area (Å²) >= 11 is 0. The number of nitrogens with zero attached hydrogens (tertiary/aromatic N) is 4. The van der Waals surface area contributed by atoms with Crippen LogP contribution in [-0.2, 0) is 11.2 Å². The van der Waals surface area contributed by atoms with Crippen molar-refractivity contribution >= 4 is 17.6 Å². The molecule has 4 rings (SSSR count). The van der Waals surface area contributed by atoms with Crippen molar-refractivity contribution in [2.75, 3.05) is 32.5 Å². The molecule has 32 heavy (non-hydrogen) atoms. The smallest absolute Gasteiger partial charge is 0.258 e. The van der Waals surface area contributed by atoms with E-state index in [9.17, 15) is 9.59 Å². The Morgan fingerprint density at radius 1 is 1.19 bits per heavy atom. The molecule has 164 valence electrons. The Morgan fingerprint density at radius 2 is 2.00 bits per heavy atom. The summed E-state index contributed by atoms with van der Waals surface area (Å²) in [4.78, 5) is 39.4. The Bertz CT molecular complexity index is 1160. The number of carbonyl (C=O) groups excluding carboxylic acids is 2. The molecule has 0 saturated carbocycles. The maximum atomic E-state index is 13.0. The first-order valence-corrected chi connectivity index (χ1v) is 10.3. The number of piperazine rings is 1. The standard InChI is InChI=1S/C23H24N6O3/c1-3-17-21(15-5-7-19(24)26-11-15)22(28-13-27-17)14-4-6-16(18(10-14)32-2)23(31)29-9-8-25-20(30)12-29/h4-7,10-11,13H,3,8-9,12H2,1-2H3,(H2,24,26)(H,25,30). The molecule has 2 aromatic heterocycles. The Balaban J connectivity index is 1.77. The summed E-state index contributed by atoms with van der Waals surface area (Å²) < 4.78 is 5.54. The number of nitrogen functional groups attached to an aromatic ring is 1. The van der Waals surface area contributed by atoms with Crippen molar-refractivity contribution in [2.24, 2.45) is 0 Å². The highest BCUT2D eigenvalue weighted by Gasteiger charge is 2.25. The molecule has 0 radical (unpaired) electrons. The fraction of sp³-hybridized carbons (Fsp3) is 0.261. The number of hydrogen-bond donors (Lipinski definition) is 2. The number of pyridine rings is 1. The van der Waals surface area contributed by atoms with Crippen LogP contribution in [-0.4, -0.2) is 58.4 Å². The van der Waals surface area contributed by atoms with E-state index >= 15 is 0 Å². The van der Waals surface area contributed by atoms with Crippen LogP contribution in [0, 0.1) is 0 Å². The fourth-order valence-corrected chi connectivity index (χ4v) is 3.76. The van der Waals surface area contributed by atoms with Gasteiger partial charge in [0.25, 0.3) is 5.91 Å². The van der Waals surface area contributed by atoms with Gasteiger partial charge in [-0.15, -0.1) is 0 Å². The fourth-order valence-electron chi connectivity index (χ4n) is 3.76. The van der Waals surface area contributed by atoms with Gasteiger partial charge in [0.1, 0.15) is 17.9 Å². The lowest BCUT2D eigenvalue weighted by Gasteiger charge is -2.27. The lowest BCUT2D eigenvalue weighted by atomic mass is 9.96. The predicted molar refractivity (Wildman–Crippen MR) is 120 cm³/mol. The zero-order chi connectivity index (χ0) is 22.7. The van der Waals surface area contributed by atoms with E-state index < -0.39 is 0 Å². The van der Waals surface area contributed by atoms with E-state index in [1.807, 2.05) is 19.1 Å². The Morgan fingerprint density at radius 3 is 2.69 bits per heavy atom. The number of aryl methyl sites for hydroxylation is 1. The van der Waals surface area contributed by atoms with E-state index in [-0.39, 0.29) is 18.4 Å². The quantitative estimate of drug-likeness (QED) is 0.631. The molecule has 0 atom stereocenters. The third kappa shape index (κ3) is 4.09. The number of rotatable bonds is 5. The SMILES string of the molecule is CCc1ncnc(-c2ccc(C(=O)N3CCNC(=O)C3)c(OC)c2)c1-c1ccc(N)nc1. The van der Waals surface area contributed by atoms with E-state index in [1.54, 1.807) is 24.4 Å². The van der Waals surface area contributed by atoms with Gasteiger partial charge in [-0.25, -0.2) is 15.0 Å². The summed E-state index contributed by atoms with van der Waals surface area (Å²) in [5.41, 5.74) is 10.2. The lowest BCUT2D eigenvalue weighted by Crippen LogP contribution is -2.50. The van der Waals surface area contributed by atoms with Crippen LogP contribution >= 0.6 is 0 Å². The van der Waals surface area contributed by atoms with Crippen LogP contribution < -0.4 is 15.8 Å². The number of nitrogens with two attached hydrogens (primary N) is 1. The molecule has 1 fully saturated rings. The second-order valence-electron chi connectivity index (χ2n) is 7.36. The predicted octanol–water partition coefficient (Wildman–Crippen LogP) is 1.93. The Kier molecular flexibility index (Phi) is 5.98. The van der Waals surface area contributed by atoms with Gasteiger partial charge in [0, 0.05) is 36.0 Å². The first-order chi connectivity index (χ1) is 15.5. The lowest BCUT2D eigenvalue weighted by molar-refractivity contribution is -0.123. The second-order valence-corrected chi connectivity index (χ2v) is 7.36. The molecule has 0 aliphatic carbocycles. The first kappa shape index (κ1) is 21.2. The number of anilines is 1. The third-order valence-electron chi connectivity index (χ3n) is 5.37. The highest BCUT2D eigenvalue weighted by molar-refractivity contribution is 6.00. The van der Waals surface area contributed by atoms with Crippen LogP contribution in [0.15, 0.2) is 42.9 Å². The molecular formula is C23H24N6O3. The molecule has 3 heterocycles. The van der Waals surface area contributed by atoms with Crippen LogP contribution in [0.3, 0.4) is 0 Å². The van der Waals surface area contributed by atoms with Crippen molar-refractivity contribution < 1.29 is 14.3 Å². The van der Waals surface area contributed by atoms with Gasteiger partial charge in [-0.2, -0.15) is 0 Å². The molecule has 1 aliphatic heterocycles. The van der Waals surface area contributed by atoms with Gasteiger partial charge < -0.3 is 20.7 Å². The number of nitrogens with one attached hydrogen (secondary N) is 1. The highest BCUT2D eigenvalue weighted by atomic mass is 16.5. The average Bonchev–Trinajstić information content (AvgIpc) is 2.83. The molecule has 1 saturated heterocycles. The zero-order valence-corrected chi connectivity index (χ0v) is 18.0. The highest BCUT2D eigenvalue weighted by Crippen LogP contribution is 2.35. The Hall–Kier alpha value is -4.01. The van der Waals surface area contributed by atoms with Gasteiger partial charge in [-0.05, 0) is 30.7 Å². The summed E-state index contributed by atoms with van der Waals surface area (Å²) in [5, 5.41) is 2.72. The number of hydrogen-bond acceptors (Lipinski definition) is 7. The maximum Gasteiger partial charge on any atom is 0.258 e. The molecule has 1 aliphatic rings. The van der Waals surface area contributed by atoms with E-state index in [4.69, 9.17) is 10.5 Å². The average molecular weight is 432 g/mol. The molecule has 0 spiro atoms. The minimum Gasteiger partial charge on any atom is -0.496 e. The third-order valence-corrected chi connectivity index (χ3v) is 5.37. The molecule has 0 unspecified atom stereocenters. The van der Waals surface area contributed by atoms with Crippen molar-refractivity contribution in [1.82, 2.24) is 25.2 Å². The van der Waals surface area contributed by atoms with E-state index in [0.29, 0.717) is 42.3 Å². The normalized spacial score (nSPS) is 13.6. The van der Waals surface area contributed by atoms with Gasteiger partial charge in [0.2, 0.25) is 5.91 Å². The first-order valence-electron chi connectivity index (χ1n) is 10.3. The van der Waals surface area contributed by atoms with Gasteiger partial charge >= 0.3 is 0 Å². The van der Waals surface area contributed by atoms with Crippen molar-refractivity contribution in [1.29, 1.82) is 0 Å². The number of aromatic nitrogens is 3. The number of methoxy groups -OCH3 is 1. The topological polar surface area (TPSA) is 123 Å². The van der Waals surface area contributed by atoms with Crippen LogP contribution in [0.2, 0.25) is 0 Å². The van der Waals surface area contributed by atoms with Gasteiger partial charge in [-0.3, -0.25) is 9.59 Å². The summed E-state index contributed by atoms with van der Waals surface area (Å²) in [5.74, 6) is 0.427. The van der Waals surface area contributed by atoms with Crippen LogP contribution in [0.4, 0.5) is 5.82 Å². The maximum absolute atomic E-state index is 13.0. The van der Waals surface area contributed by atoms with Crippen LogP contribution in [0.5, 0.6) is 5.75 Å². The minimum absolute atomic E-state index is 0.0315. The van der Waals surface area contributed by atoms with Crippen molar-refractivity contribution in [3.8, 4) is 28.1 Å². The number of amides is 2. The Labute approximate surface area is 185 Å². The molecule has 2 amide bonds. The summed E-state index contributed by atoms with van der Waals surface area (Å²) in [6.07, 6.45) is 3.94. The van der Waals surface area contributed by atoms with Crippen molar-refractivity contribution in [2.45, 2.75) is 13.3 Å². The van der Waals surface area contributed by atoms with Gasteiger partial charge in [0.15, 0.2) is 0 Å². The zero-order valence-electron chi connectivity index (χ0n) is 18.0. The molecule has 3 aromatic rings. The van der Waals surface area contributed by atoms with Crippen molar-refractivity contribution in [3.05, 3.63) is 54.1 Å². The van der Waals surface area contributed by atoms with Crippen LogP contribution in [0.25, 0.3) is 22.4 Å². The molecule has 9 nitrogen and oxygen atoms in total. The second kappa shape index (κ2) is 9.01. The molecule has 0 bridgehead atoms. The van der Waals surface area contributed by atoms with E-state index in [0.717, 1.165) is 22.4 Å². The molecular weight excluding hydrogens is 408 g/mol.